The van der Waals surface area contributed by atoms with E-state index in [1.165, 1.54) is 5.41 Å². The van der Waals surface area contributed by atoms with E-state index in [2.05, 4.69) is 27.0 Å². The average Bonchev–Trinajstić information content (AvgIpc) is 3.58. The van der Waals surface area contributed by atoms with Gasteiger partial charge in [0.1, 0.15) is 5.82 Å². The Labute approximate surface area is 232 Å². The van der Waals surface area contributed by atoms with Gasteiger partial charge in [0.25, 0.3) is 5.91 Å². The van der Waals surface area contributed by atoms with Crippen molar-refractivity contribution in [1.29, 1.82) is 0 Å². The number of aliphatic hydroxyl groups is 1. The third kappa shape index (κ3) is 6.00. The van der Waals surface area contributed by atoms with Crippen molar-refractivity contribution in [2.24, 2.45) is 0 Å². The van der Waals surface area contributed by atoms with Crippen molar-refractivity contribution in [3.63, 3.8) is 0 Å². The van der Waals surface area contributed by atoms with Crippen molar-refractivity contribution in [3.05, 3.63) is 64.3 Å². The van der Waals surface area contributed by atoms with Crippen LogP contribution in [0.1, 0.15) is 36.0 Å². The van der Waals surface area contributed by atoms with Gasteiger partial charge >= 0.3 is 6.18 Å². The number of fused-ring (bicyclic) bond motifs is 1. The maximum atomic E-state index is 14.9. The predicted molar refractivity (Wildman–Crippen MR) is 144 cm³/mol. The molecule has 0 bridgehead atoms. The summed E-state index contributed by atoms with van der Waals surface area (Å²) in [7, 11) is 0.744. The summed E-state index contributed by atoms with van der Waals surface area (Å²) < 4.78 is 67.1. The quantitative estimate of drug-likeness (QED) is 0.403. The standard InChI is InChI=1S/C29H29F4N3O3S/c1-35-12-14-36(15-13-35)11-2-8-28(38,26(37)34-22-4-6-25-20(17-22)7-16-40(25)39)19-27(9-10-27)23-18-21(29(31,32)33)3-5-24(23)30/h3-7,16-18,38H,9-15,19H2,1H3,(H,34,37). The van der Waals surface area contributed by atoms with Crippen LogP contribution in [0.25, 0.3) is 6.08 Å². The Hall–Kier alpha value is -3.04. The fourth-order valence-electron chi connectivity index (χ4n) is 5.16. The van der Waals surface area contributed by atoms with Crippen molar-refractivity contribution < 1.29 is 31.7 Å². The number of amides is 1. The van der Waals surface area contributed by atoms with Crippen LogP contribution in [0.2, 0.25) is 0 Å². The third-order valence-electron chi connectivity index (χ3n) is 7.74. The molecular weight excluding hydrogens is 546 g/mol. The maximum Gasteiger partial charge on any atom is 0.416 e. The zero-order chi connectivity index (χ0) is 28.7. The molecule has 0 aromatic heterocycles. The number of piperazine rings is 1. The molecule has 1 saturated carbocycles. The molecule has 5 rings (SSSR count). The fourth-order valence-corrected chi connectivity index (χ4v) is 6.14. The highest BCUT2D eigenvalue weighted by atomic mass is 32.2. The second-order valence-electron chi connectivity index (χ2n) is 10.7. The molecule has 212 valence electrons. The van der Waals surface area contributed by atoms with E-state index in [0.717, 1.165) is 38.3 Å². The highest BCUT2D eigenvalue weighted by Crippen LogP contribution is 2.55. The number of anilines is 1. The van der Waals surface area contributed by atoms with E-state index in [9.17, 15) is 31.7 Å². The number of halogens is 4. The number of rotatable bonds is 6. The van der Waals surface area contributed by atoms with Crippen molar-refractivity contribution >= 4 is 28.5 Å². The summed E-state index contributed by atoms with van der Waals surface area (Å²) in [6.45, 7) is 3.52. The lowest BCUT2D eigenvalue weighted by atomic mass is 9.82. The van der Waals surface area contributed by atoms with Crippen LogP contribution in [-0.4, -0.2) is 70.4 Å². The summed E-state index contributed by atoms with van der Waals surface area (Å²) in [5.41, 5.74) is -3.65. The van der Waals surface area contributed by atoms with E-state index in [-0.39, 0.29) is 12.0 Å². The monoisotopic (exact) mass is 575 g/mol. The topological polar surface area (TPSA) is 72.9 Å². The number of carbonyl (C=O) groups excluding carboxylic acids is 1. The first-order valence-corrected chi connectivity index (χ1v) is 14.1. The highest BCUT2D eigenvalue weighted by molar-refractivity contribution is 7.88. The van der Waals surface area contributed by atoms with Gasteiger partial charge in [-0.1, -0.05) is 11.8 Å². The molecule has 2 unspecified atom stereocenters. The summed E-state index contributed by atoms with van der Waals surface area (Å²) in [5, 5.41) is 15.9. The first-order valence-electron chi connectivity index (χ1n) is 12.9. The molecule has 40 heavy (non-hydrogen) atoms. The Morgan fingerprint density at radius 1 is 1.12 bits per heavy atom. The predicted octanol–water partition coefficient (Wildman–Crippen LogP) is 3.98. The van der Waals surface area contributed by atoms with E-state index in [1.54, 1.807) is 24.3 Å². The van der Waals surface area contributed by atoms with Gasteiger partial charge in [0.05, 0.1) is 27.8 Å². The van der Waals surface area contributed by atoms with Crippen LogP contribution in [0.4, 0.5) is 23.2 Å². The van der Waals surface area contributed by atoms with Crippen molar-refractivity contribution in [2.45, 2.75) is 41.4 Å². The molecule has 1 aliphatic carbocycles. The summed E-state index contributed by atoms with van der Waals surface area (Å²) in [4.78, 5) is 18.4. The highest BCUT2D eigenvalue weighted by Gasteiger charge is 2.54. The van der Waals surface area contributed by atoms with Gasteiger partial charge < -0.3 is 15.3 Å². The van der Waals surface area contributed by atoms with Crippen molar-refractivity contribution in [1.82, 2.24) is 9.80 Å². The molecule has 3 aliphatic rings. The molecule has 2 aromatic rings. The van der Waals surface area contributed by atoms with E-state index >= 15 is 0 Å². The van der Waals surface area contributed by atoms with E-state index < -0.39 is 45.3 Å². The van der Waals surface area contributed by atoms with Gasteiger partial charge in [-0.3, -0.25) is 9.69 Å². The van der Waals surface area contributed by atoms with Gasteiger partial charge in [0.2, 0.25) is 5.60 Å². The Bertz CT molecular complexity index is 1440. The zero-order valence-corrected chi connectivity index (χ0v) is 22.7. The molecular formula is C29H29F4N3O3S. The maximum absolute atomic E-state index is 14.9. The number of nitrogens with zero attached hydrogens (tertiary/aromatic N) is 2. The minimum Gasteiger partial charge on any atom is -0.369 e. The van der Waals surface area contributed by atoms with Crippen LogP contribution in [0.5, 0.6) is 0 Å². The van der Waals surface area contributed by atoms with E-state index in [4.69, 9.17) is 0 Å². The van der Waals surface area contributed by atoms with E-state index in [1.807, 2.05) is 7.05 Å². The molecule has 0 spiro atoms. The third-order valence-corrected chi connectivity index (χ3v) is 8.93. The first kappa shape index (κ1) is 28.5. The number of benzene rings is 2. The number of hydrogen-bond donors (Lipinski definition) is 2. The summed E-state index contributed by atoms with van der Waals surface area (Å²) in [6.07, 6.45) is -2.76. The number of likely N-dealkylation sites (N-methyl/N-ethyl adjacent to an activating group) is 1. The van der Waals surface area contributed by atoms with Gasteiger partial charge in [0.15, 0.2) is 0 Å². The number of hydrogen-bond acceptors (Lipinski definition) is 5. The Morgan fingerprint density at radius 3 is 2.52 bits per heavy atom. The molecule has 2 aliphatic heterocycles. The molecule has 1 amide bonds. The van der Waals surface area contributed by atoms with Crippen LogP contribution < -0.4 is 5.32 Å². The number of carbonyl (C=O) groups is 1. The second-order valence-corrected chi connectivity index (χ2v) is 12.0. The SMILES string of the molecule is CN1CCN(CC#CC(O)(CC2(c3cc(C(F)(F)F)ccc3F)CC2)C(=O)Nc2ccc3c(c2)C=CS3=O)CC1. The minimum atomic E-state index is -4.67. The number of nitrogens with one attached hydrogen (secondary N) is 1. The van der Waals surface area contributed by atoms with Gasteiger partial charge in [0, 0.05) is 49.1 Å². The van der Waals surface area contributed by atoms with Crippen LogP contribution in [-0.2, 0) is 27.2 Å². The molecule has 2 atom stereocenters. The number of alkyl halides is 3. The van der Waals surface area contributed by atoms with Gasteiger partial charge in [-0.05, 0) is 73.5 Å². The largest absolute Gasteiger partial charge is 0.416 e. The Kier molecular flexibility index (Phi) is 7.65. The Balaban J connectivity index is 1.43. The van der Waals surface area contributed by atoms with Gasteiger partial charge in [-0.2, -0.15) is 13.2 Å². The van der Waals surface area contributed by atoms with Gasteiger partial charge in [-0.25, -0.2) is 8.60 Å². The molecule has 2 aromatic carbocycles. The smallest absolute Gasteiger partial charge is 0.369 e. The van der Waals surface area contributed by atoms with Crippen LogP contribution in [0, 0.1) is 17.7 Å². The first-order chi connectivity index (χ1) is 18.9. The lowest BCUT2D eigenvalue weighted by Crippen LogP contribution is -2.46. The lowest BCUT2D eigenvalue weighted by molar-refractivity contribution is -0.137. The molecule has 1 saturated heterocycles. The average molecular weight is 576 g/mol. The lowest BCUT2D eigenvalue weighted by Gasteiger charge is -2.31. The molecule has 6 nitrogen and oxygen atoms in total. The summed E-state index contributed by atoms with van der Waals surface area (Å²) >= 11 is 0. The molecule has 2 fully saturated rings. The van der Waals surface area contributed by atoms with E-state index in [0.29, 0.717) is 41.6 Å². The molecule has 2 N–H and O–H groups in total. The summed E-state index contributed by atoms with van der Waals surface area (Å²) in [5.74, 6) is 3.91. The van der Waals surface area contributed by atoms with Crippen LogP contribution in [0.15, 0.2) is 46.7 Å². The van der Waals surface area contributed by atoms with Crippen LogP contribution >= 0.6 is 0 Å². The normalized spacial score (nSPS) is 21.7. The van der Waals surface area contributed by atoms with Crippen LogP contribution in [0.3, 0.4) is 0 Å². The van der Waals surface area contributed by atoms with Crippen molar-refractivity contribution in [2.75, 3.05) is 45.1 Å². The second kappa shape index (κ2) is 10.7. The van der Waals surface area contributed by atoms with Gasteiger partial charge in [-0.15, -0.1) is 0 Å². The minimum absolute atomic E-state index is 0.181. The van der Waals surface area contributed by atoms with Crippen molar-refractivity contribution in [3.8, 4) is 11.8 Å². The fraction of sp³-hybridized carbons (Fsp3) is 0.414. The zero-order valence-electron chi connectivity index (χ0n) is 21.9. The Morgan fingerprint density at radius 2 is 1.85 bits per heavy atom. The molecule has 2 heterocycles. The summed E-state index contributed by atoms with van der Waals surface area (Å²) in [6, 6.07) is 7.01. The molecule has 0 radical (unpaired) electrons. The molecule has 11 heteroatoms.